The molecule has 4 nitrogen and oxygen atoms in total. The molecular formula is C10H13F2N3O. The summed E-state index contributed by atoms with van der Waals surface area (Å²) < 4.78 is 25.4. The highest BCUT2D eigenvalue weighted by Crippen LogP contribution is 2.08. The number of hydrogen-bond donors (Lipinski definition) is 2. The van der Waals surface area contributed by atoms with Gasteiger partial charge in [0.05, 0.1) is 19.5 Å². The molecule has 0 atom stereocenters. The summed E-state index contributed by atoms with van der Waals surface area (Å²) in [6.45, 7) is -1.52. The topological polar surface area (TPSA) is 68.0 Å². The molecule has 1 heterocycles. The lowest BCUT2D eigenvalue weighted by molar-refractivity contribution is -0.122. The summed E-state index contributed by atoms with van der Waals surface area (Å²) >= 11 is 0. The third-order valence-corrected chi connectivity index (χ3v) is 1.91. The lowest BCUT2D eigenvalue weighted by atomic mass is 10.2. The highest BCUT2D eigenvalue weighted by atomic mass is 19.3. The van der Waals surface area contributed by atoms with Crippen LogP contribution in [0.4, 0.5) is 8.78 Å². The molecular weight excluding hydrogens is 216 g/mol. The van der Waals surface area contributed by atoms with E-state index >= 15 is 0 Å². The monoisotopic (exact) mass is 229 g/mol. The Morgan fingerprint density at radius 3 is 2.81 bits per heavy atom. The minimum atomic E-state index is -3.06. The van der Waals surface area contributed by atoms with Crippen molar-refractivity contribution >= 4 is 5.91 Å². The van der Waals surface area contributed by atoms with E-state index in [2.05, 4.69) is 10.3 Å². The van der Waals surface area contributed by atoms with E-state index in [1.54, 1.807) is 18.2 Å². The first-order valence-electron chi connectivity index (χ1n) is 4.78. The van der Waals surface area contributed by atoms with Crippen molar-refractivity contribution in [1.29, 1.82) is 0 Å². The quantitative estimate of drug-likeness (QED) is 0.764. The average molecular weight is 229 g/mol. The van der Waals surface area contributed by atoms with Crippen molar-refractivity contribution in [1.82, 2.24) is 10.3 Å². The average Bonchev–Trinajstić information content (AvgIpc) is 2.28. The summed E-state index contributed by atoms with van der Waals surface area (Å²) in [6.07, 6.45) is 1.53. The summed E-state index contributed by atoms with van der Waals surface area (Å²) in [5.41, 5.74) is 5.37. The van der Waals surface area contributed by atoms with Crippen molar-refractivity contribution in [2.24, 2.45) is 5.73 Å². The Morgan fingerprint density at radius 2 is 2.25 bits per heavy atom. The van der Waals surface area contributed by atoms with Gasteiger partial charge in [-0.15, -0.1) is 0 Å². The van der Waals surface area contributed by atoms with Crippen LogP contribution < -0.4 is 11.1 Å². The number of alkyl halides is 2. The molecule has 3 N–H and O–H groups in total. The lowest BCUT2D eigenvalue weighted by Crippen LogP contribution is -2.42. The normalized spacial score (nSPS) is 11.2. The predicted octanol–water partition coefficient (Wildman–Crippen LogP) is 0.334. The van der Waals surface area contributed by atoms with Crippen LogP contribution in [0, 0.1) is 0 Å². The number of carbonyl (C=O) groups excluding carboxylic acids is 1. The van der Waals surface area contributed by atoms with Crippen LogP contribution in [0.2, 0.25) is 0 Å². The maximum atomic E-state index is 12.7. The Bertz CT molecular complexity index is 343. The predicted molar refractivity (Wildman–Crippen MR) is 55.0 cm³/mol. The van der Waals surface area contributed by atoms with Crippen molar-refractivity contribution in [2.75, 3.05) is 13.1 Å². The smallest absolute Gasteiger partial charge is 0.277 e. The molecule has 0 radical (unpaired) electrons. The molecule has 0 aliphatic heterocycles. The zero-order valence-corrected chi connectivity index (χ0v) is 8.62. The van der Waals surface area contributed by atoms with Gasteiger partial charge in [-0.2, -0.15) is 0 Å². The van der Waals surface area contributed by atoms with Crippen molar-refractivity contribution in [3.63, 3.8) is 0 Å². The summed E-state index contributed by atoms with van der Waals surface area (Å²) in [7, 11) is 0. The first kappa shape index (κ1) is 12.5. The van der Waals surface area contributed by atoms with E-state index in [1.807, 2.05) is 0 Å². The fraction of sp³-hybridized carbons (Fsp3) is 0.400. The van der Waals surface area contributed by atoms with Crippen LogP contribution in [-0.2, 0) is 11.2 Å². The largest absolute Gasteiger partial charge is 0.350 e. The number of amides is 1. The van der Waals surface area contributed by atoms with Crippen molar-refractivity contribution < 1.29 is 13.6 Å². The van der Waals surface area contributed by atoms with Gasteiger partial charge in [0, 0.05) is 11.9 Å². The van der Waals surface area contributed by atoms with Crippen molar-refractivity contribution in [2.45, 2.75) is 12.3 Å². The molecule has 6 heteroatoms. The Balaban J connectivity index is 2.38. The third-order valence-electron chi connectivity index (χ3n) is 1.91. The van der Waals surface area contributed by atoms with Gasteiger partial charge in [-0.25, -0.2) is 8.78 Å². The first-order valence-corrected chi connectivity index (χ1v) is 4.78. The molecule has 0 aromatic carbocycles. The third kappa shape index (κ3) is 4.31. The maximum Gasteiger partial charge on any atom is 0.277 e. The fourth-order valence-corrected chi connectivity index (χ4v) is 1.03. The number of aromatic nitrogens is 1. The summed E-state index contributed by atoms with van der Waals surface area (Å²) in [6, 6.07) is 5.09. The van der Waals surface area contributed by atoms with Gasteiger partial charge in [-0.05, 0) is 12.1 Å². The van der Waals surface area contributed by atoms with Crippen LogP contribution in [0.3, 0.4) is 0 Å². The number of carbonyl (C=O) groups is 1. The highest BCUT2D eigenvalue weighted by molar-refractivity contribution is 5.78. The standard InChI is InChI=1S/C10H13F2N3O/c11-10(12,6-13)7-15-9(16)5-8-3-1-2-4-14-8/h1-4H,5-7,13H2,(H,15,16). The van der Waals surface area contributed by atoms with E-state index in [9.17, 15) is 13.6 Å². The van der Waals surface area contributed by atoms with Crippen LogP contribution in [-0.4, -0.2) is 29.9 Å². The van der Waals surface area contributed by atoms with Crippen LogP contribution in [0.5, 0.6) is 0 Å². The first-order chi connectivity index (χ1) is 7.53. The zero-order valence-electron chi connectivity index (χ0n) is 8.62. The van der Waals surface area contributed by atoms with Crippen molar-refractivity contribution in [3.8, 4) is 0 Å². The molecule has 0 bridgehead atoms. The van der Waals surface area contributed by atoms with Gasteiger partial charge in [-0.1, -0.05) is 6.07 Å². The number of nitrogens with two attached hydrogens (primary N) is 1. The summed E-state index contributed by atoms with van der Waals surface area (Å²) in [5, 5.41) is 2.11. The maximum absolute atomic E-state index is 12.7. The Morgan fingerprint density at radius 1 is 1.50 bits per heavy atom. The number of halogens is 2. The van der Waals surface area contributed by atoms with Gasteiger partial charge in [0.25, 0.3) is 5.92 Å². The molecule has 88 valence electrons. The zero-order chi connectivity index (χ0) is 12.0. The van der Waals surface area contributed by atoms with Crippen LogP contribution >= 0.6 is 0 Å². The molecule has 1 amide bonds. The Labute approximate surface area is 91.9 Å². The van der Waals surface area contributed by atoms with E-state index in [1.165, 1.54) is 6.20 Å². The highest BCUT2D eigenvalue weighted by Gasteiger charge is 2.27. The molecule has 1 aromatic heterocycles. The second kappa shape index (κ2) is 5.50. The minimum absolute atomic E-state index is 0.0124. The van der Waals surface area contributed by atoms with Crippen molar-refractivity contribution in [3.05, 3.63) is 30.1 Å². The molecule has 0 aliphatic carbocycles. The second-order valence-corrected chi connectivity index (χ2v) is 3.33. The van der Waals surface area contributed by atoms with Gasteiger partial charge >= 0.3 is 0 Å². The van der Waals surface area contributed by atoms with E-state index in [0.717, 1.165) is 0 Å². The summed E-state index contributed by atoms with van der Waals surface area (Å²) in [4.78, 5) is 15.2. The number of nitrogens with zero attached hydrogens (tertiary/aromatic N) is 1. The molecule has 0 aliphatic rings. The molecule has 0 spiro atoms. The molecule has 16 heavy (non-hydrogen) atoms. The number of hydrogen-bond acceptors (Lipinski definition) is 3. The SMILES string of the molecule is NCC(F)(F)CNC(=O)Cc1ccccn1. The van der Waals surface area contributed by atoms with E-state index < -0.39 is 24.9 Å². The minimum Gasteiger partial charge on any atom is -0.350 e. The molecule has 0 saturated heterocycles. The fourth-order valence-electron chi connectivity index (χ4n) is 1.03. The van der Waals surface area contributed by atoms with Gasteiger partial charge in [0.1, 0.15) is 0 Å². The Hall–Kier alpha value is -1.56. The van der Waals surface area contributed by atoms with E-state index in [0.29, 0.717) is 5.69 Å². The number of nitrogens with one attached hydrogen (secondary N) is 1. The lowest BCUT2D eigenvalue weighted by Gasteiger charge is -2.14. The number of pyridine rings is 1. The van der Waals surface area contributed by atoms with E-state index in [-0.39, 0.29) is 6.42 Å². The molecule has 0 saturated carbocycles. The van der Waals surface area contributed by atoms with Gasteiger partial charge in [0.2, 0.25) is 5.91 Å². The second-order valence-electron chi connectivity index (χ2n) is 3.33. The number of rotatable bonds is 5. The van der Waals surface area contributed by atoms with Crippen LogP contribution in [0.1, 0.15) is 5.69 Å². The molecule has 0 fully saturated rings. The Kier molecular flexibility index (Phi) is 4.30. The van der Waals surface area contributed by atoms with Crippen LogP contribution in [0.15, 0.2) is 24.4 Å². The van der Waals surface area contributed by atoms with Gasteiger partial charge < -0.3 is 11.1 Å². The molecule has 0 unspecified atom stereocenters. The van der Waals surface area contributed by atoms with Gasteiger partial charge in [-0.3, -0.25) is 9.78 Å². The molecule has 1 rings (SSSR count). The van der Waals surface area contributed by atoms with E-state index in [4.69, 9.17) is 5.73 Å². The van der Waals surface area contributed by atoms with Gasteiger partial charge in [0.15, 0.2) is 0 Å². The molecule has 1 aromatic rings. The van der Waals surface area contributed by atoms with Crippen LogP contribution in [0.25, 0.3) is 0 Å². The summed E-state index contributed by atoms with van der Waals surface area (Å²) in [5.74, 6) is -3.55.